The van der Waals surface area contributed by atoms with Gasteiger partial charge < -0.3 is 10.6 Å². The van der Waals surface area contributed by atoms with Crippen molar-refractivity contribution in [3.8, 4) is 0 Å². The minimum absolute atomic E-state index is 0. The maximum absolute atomic E-state index is 10.8. The van der Waals surface area contributed by atoms with Crippen LogP contribution in [0.1, 0.15) is 16.0 Å². The van der Waals surface area contributed by atoms with Crippen LogP contribution in [0.3, 0.4) is 0 Å². The van der Waals surface area contributed by atoms with E-state index >= 15 is 0 Å². The Morgan fingerprint density at radius 1 is 1.30 bits per heavy atom. The summed E-state index contributed by atoms with van der Waals surface area (Å²) < 4.78 is 0. The fourth-order valence-electron chi connectivity index (χ4n) is 1.94. The lowest BCUT2D eigenvalue weighted by Gasteiger charge is -2.11. The quantitative estimate of drug-likeness (QED) is 0.243. The van der Waals surface area contributed by atoms with Crippen molar-refractivity contribution in [1.29, 1.82) is 0 Å². The molecule has 2 rings (SSSR count). The molecule has 0 bridgehead atoms. The molecule has 0 aliphatic heterocycles. The highest BCUT2D eigenvalue weighted by atomic mass is 127. The molecule has 0 saturated heterocycles. The number of rotatable bonds is 5. The predicted octanol–water partition coefficient (Wildman–Crippen LogP) is 3.45. The van der Waals surface area contributed by atoms with Crippen molar-refractivity contribution in [2.75, 3.05) is 7.05 Å². The van der Waals surface area contributed by atoms with Crippen LogP contribution < -0.4 is 10.6 Å². The summed E-state index contributed by atoms with van der Waals surface area (Å²) in [5.74, 6) is 0.666. The second-order valence-corrected chi connectivity index (χ2v) is 5.73. The number of aliphatic imine (C=N–C) groups is 1. The lowest BCUT2D eigenvalue weighted by atomic mass is 10.2. The molecule has 1 heterocycles. The Morgan fingerprint density at radius 3 is 2.65 bits per heavy atom. The third-order valence-corrected chi connectivity index (χ3v) is 4.21. The van der Waals surface area contributed by atoms with E-state index in [4.69, 9.17) is 0 Å². The number of guanidine groups is 1. The number of nitro benzene ring substituents is 1. The molecule has 1 aromatic heterocycles. The van der Waals surface area contributed by atoms with Gasteiger partial charge in [0, 0.05) is 30.6 Å². The van der Waals surface area contributed by atoms with Gasteiger partial charge in [0.05, 0.1) is 11.5 Å². The van der Waals surface area contributed by atoms with Crippen LogP contribution in [-0.2, 0) is 13.1 Å². The largest absolute Gasteiger partial charge is 0.352 e. The summed E-state index contributed by atoms with van der Waals surface area (Å²) in [6.07, 6.45) is 0. The van der Waals surface area contributed by atoms with Crippen molar-refractivity contribution in [2.24, 2.45) is 4.99 Å². The third-order valence-electron chi connectivity index (χ3n) is 3.19. The zero-order chi connectivity index (χ0) is 15.9. The van der Waals surface area contributed by atoms with Crippen molar-refractivity contribution in [2.45, 2.75) is 20.0 Å². The number of nitro groups is 1. The van der Waals surface area contributed by atoms with Gasteiger partial charge in [-0.3, -0.25) is 15.1 Å². The molecule has 0 aliphatic carbocycles. The fraction of sp³-hybridized carbons (Fsp3) is 0.267. The van der Waals surface area contributed by atoms with E-state index in [1.54, 1.807) is 30.5 Å². The molecule has 6 nitrogen and oxygen atoms in total. The van der Waals surface area contributed by atoms with Crippen LogP contribution in [-0.4, -0.2) is 17.9 Å². The highest BCUT2D eigenvalue weighted by Crippen LogP contribution is 2.15. The van der Waals surface area contributed by atoms with Crippen LogP contribution in [0.15, 0.2) is 40.7 Å². The minimum Gasteiger partial charge on any atom is -0.352 e. The molecule has 2 N–H and O–H groups in total. The lowest BCUT2D eigenvalue weighted by Crippen LogP contribution is -2.36. The van der Waals surface area contributed by atoms with Crippen LogP contribution in [0.4, 0.5) is 5.69 Å². The Hall–Kier alpha value is -1.68. The average Bonchev–Trinajstić information content (AvgIpc) is 2.93. The van der Waals surface area contributed by atoms with Gasteiger partial charge in [-0.2, -0.15) is 0 Å². The van der Waals surface area contributed by atoms with Crippen LogP contribution in [0.2, 0.25) is 0 Å². The molecule has 23 heavy (non-hydrogen) atoms. The number of non-ortho nitro benzene ring substituents is 1. The molecule has 0 amide bonds. The number of thiophene rings is 1. The van der Waals surface area contributed by atoms with Gasteiger partial charge in [0.25, 0.3) is 5.69 Å². The number of halogens is 1. The SMILES string of the molecule is CN=C(NCc1cccc([N+](=O)[O-])c1)NCc1sccc1C.I. The Bertz CT molecular complexity index is 688. The molecule has 1 aromatic carbocycles. The minimum atomic E-state index is -0.393. The monoisotopic (exact) mass is 446 g/mol. The van der Waals surface area contributed by atoms with Crippen molar-refractivity contribution in [1.82, 2.24) is 10.6 Å². The zero-order valence-corrected chi connectivity index (χ0v) is 16.1. The number of benzene rings is 1. The molecular weight excluding hydrogens is 427 g/mol. The van der Waals surface area contributed by atoms with Gasteiger partial charge in [-0.1, -0.05) is 12.1 Å². The van der Waals surface area contributed by atoms with E-state index < -0.39 is 4.92 Å². The molecule has 0 aliphatic rings. The molecule has 0 spiro atoms. The maximum Gasteiger partial charge on any atom is 0.269 e. The summed E-state index contributed by atoms with van der Waals surface area (Å²) in [6, 6.07) is 8.65. The molecule has 0 atom stereocenters. The fourth-order valence-corrected chi connectivity index (χ4v) is 2.78. The number of hydrogen-bond donors (Lipinski definition) is 2. The smallest absolute Gasteiger partial charge is 0.269 e. The van der Waals surface area contributed by atoms with Gasteiger partial charge in [0.15, 0.2) is 5.96 Å². The standard InChI is InChI=1S/C15H18N4O2S.HI/c1-11-6-7-22-14(11)10-18-15(16-2)17-9-12-4-3-5-13(8-12)19(20)21;/h3-8H,9-10H2,1-2H3,(H2,16,17,18);1H. The molecule has 0 radical (unpaired) electrons. The second kappa shape index (κ2) is 9.46. The topological polar surface area (TPSA) is 79.6 Å². The van der Waals surface area contributed by atoms with Crippen LogP contribution in [0.25, 0.3) is 0 Å². The van der Waals surface area contributed by atoms with Crippen molar-refractivity contribution in [3.63, 3.8) is 0 Å². The highest BCUT2D eigenvalue weighted by molar-refractivity contribution is 14.0. The van der Waals surface area contributed by atoms with Crippen molar-refractivity contribution >= 4 is 47.0 Å². The normalized spacial score (nSPS) is 10.8. The first-order valence-electron chi connectivity index (χ1n) is 6.81. The van der Waals surface area contributed by atoms with Crippen molar-refractivity contribution < 1.29 is 4.92 Å². The summed E-state index contributed by atoms with van der Waals surface area (Å²) in [7, 11) is 1.70. The first-order chi connectivity index (χ1) is 10.6. The van der Waals surface area contributed by atoms with Crippen molar-refractivity contribution in [3.05, 3.63) is 61.8 Å². The van der Waals surface area contributed by atoms with E-state index in [2.05, 4.69) is 34.0 Å². The second-order valence-electron chi connectivity index (χ2n) is 4.73. The summed E-state index contributed by atoms with van der Waals surface area (Å²) in [5.41, 5.74) is 2.19. The van der Waals surface area contributed by atoms with Gasteiger partial charge in [-0.25, -0.2) is 0 Å². The Balaban J connectivity index is 0.00000264. The first-order valence-corrected chi connectivity index (χ1v) is 7.69. The van der Waals surface area contributed by atoms with E-state index in [-0.39, 0.29) is 29.7 Å². The molecule has 0 fully saturated rings. The van der Waals surface area contributed by atoms with Gasteiger partial charge in [0.2, 0.25) is 0 Å². The van der Waals surface area contributed by atoms with E-state index in [0.717, 1.165) is 5.56 Å². The Labute approximate surface area is 156 Å². The summed E-state index contributed by atoms with van der Waals surface area (Å²) in [5, 5.41) is 19.2. The van der Waals surface area contributed by atoms with Gasteiger partial charge in [-0.05, 0) is 29.5 Å². The summed E-state index contributed by atoms with van der Waals surface area (Å²) >= 11 is 1.70. The summed E-state index contributed by atoms with van der Waals surface area (Å²) in [4.78, 5) is 15.8. The maximum atomic E-state index is 10.8. The molecule has 0 unspecified atom stereocenters. The third kappa shape index (κ3) is 5.79. The number of nitrogens with one attached hydrogen (secondary N) is 2. The molecular formula is C15H19IN4O2S. The number of aryl methyl sites for hydroxylation is 1. The Morgan fingerprint density at radius 2 is 2.04 bits per heavy atom. The molecule has 0 saturated carbocycles. The lowest BCUT2D eigenvalue weighted by molar-refractivity contribution is -0.384. The van der Waals surface area contributed by atoms with E-state index in [9.17, 15) is 10.1 Å². The average molecular weight is 446 g/mol. The number of nitrogens with zero attached hydrogens (tertiary/aromatic N) is 2. The zero-order valence-electron chi connectivity index (χ0n) is 12.9. The number of hydrogen-bond acceptors (Lipinski definition) is 4. The van der Waals surface area contributed by atoms with Crippen LogP contribution >= 0.6 is 35.3 Å². The van der Waals surface area contributed by atoms with Crippen LogP contribution in [0, 0.1) is 17.0 Å². The first kappa shape index (κ1) is 19.4. The molecule has 124 valence electrons. The summed E-state index contributed by atoms with van der Waals surface area (Å²) in [6.45, 7) is 3.26. The predicted molar refractivity (Wildman–Crippen MR) is 105 cm³/mol. The Kier molecular flexibility index (Phi) is 7.96. The van der Waals surface area contributed by atoms with E-state index in [0.29, 0.717) is 19.0 Å². The van der Waals surface area contributed by atoms with Crippen LogP contribution in [0.5, 0.6) is 0 Å². The van der Waals surface area contributed by atoms with Gasteiger partial charge >= 0.3 is 0 Å². The molecule has 2 aromatic rings. The van der Waals surface area contributed by atoms with Gasteiger partial charge in [0.1, 0.15) is 0 Å². The van der Waals surface area contributed by atoms with E-state index in [1.165, 1.54) is 16.5 Å². The van der Waals surface area contributed by atoms with E-state index in [1.807, 2.05) is 6.07 Å². The highest BCUT2D eigenvalue weighted by Gasteiger charge is 2.06. The molecule has 8 heteroatoms. The van der Waals surface area contributed by atoms with Gasteiger partial charge in [-0.15, -0.1) is 35.3 Å².